The van der Waals surface area contributed by atoms with Gasteiger partial charge in [-0.25, -0.2) is 4.79 Å². The number of hydrogen-bond acceptors (Lipinski definition) is 5. The molecule has 0 radical (unpaired) electrons. The topological polar surface area (TPSA) is 71.7 Å². The summed E-state index contributed by atoms with van der Waals surface area (Å²) >= 11 is 1.80. The quantitative estimate of drug-likeness (QED) is 0.450. The van der Waals surface area contributed by atoms with Crippen LogP contribution in [0.2, 0.25) is 0 Å². The Morgan fingerprint density at radius 2 is 2.00 bits per heavy atom. The van der Waals surface area contributed by atoms with Crippen LogP contribution in [0.25, 0.3) is 11.0 Å². The van der Waals surface area contributed by atoms with Crippen molar-refractivity contribution in [3.63, 3.8) is 0 Å². The predicted molar refractivity (Wildman–Crippen MR) is 120 cm³/mol. The van der Waals surface area contributed by atoms with Crippen molar-refractivity contribution in [2.24, 2.45) is 0 Å². The van der Waals surface area contributed by atoms with Crippen LogP contribution >= 0.6 is 11.8 Å². The second-order valence-corrected chi connectivity index (χ2v) is 7.99. The maximum atomic E-state index is 11.0. The average Bonchev–Trinajstić information content (AvgIpc) is 3.03. The normalized spacial score (nSPS) is 12.1. The Kier molecular flexibility index (Phi) is 7.09. The van der Waals surface area contributed by atoms with Crippen molar-refractivity contribution < 1.29 is 19.1 Å². The molecule has 6 heteroatoms. The predicted octanol–water partition coefficient (Wildman–Crippen LogP) is 5.61. The van der Waals surface area contributed by atoms with Gasteiger partial charge < -0.3 is 19.6 Å². The van der Waals surface area contributed by atoms with Crippen LogP contribution in [0.4, 0.5) is 5.69 Å². The molecule has 0 amide bonds. The van der Waals surface area contributed by atoms with Crippen molar-refractivity contribution in [3.8, 4) is 5.75 Å². The molecule has 1 aromatic heterocycles. The van der Waals surface area contributed by atoms with Gasteiger partial charge in [0.25, 0.3) is 0 Å². The first-order chi connectivity index (χ1) is 14.0. The molecule has 0 saturated heterocycles. The highest BCUT2D eigenvalue weighted by molar-refractivity contribution is 7.98. The zero-order valence-corrected chi connectivity index (χ0v) is 17.8. The molecule has 0 aliphatic carbocycles. The van der Waals surface area contributed by atoms with E-state index in [1.807, 2.05) is 30.3 Å². The summed E-state index contributed by atoms with van der Waals surface area (Å²) in [7, 11) is 1.67. The van der Waals surface area contributed by atoms with Crippen molar-refractivity contribution in [3.05, 3.63) is 59.4 Å². The second kappa shape index (κ2) is 9.74. The Morgan fingerprint density at radius 3 is 2.66 bits per heavy atom. The van der Waals surface area contributed by atoms with Crippen LogP contribution in [0.5, 0.6) is 5.75 Å². The molecule has 1 atom stereocenters. The molecule has 154 valence electrons. The van der Waals surface area contributed by atoms with E-state index in [0.29, 0.717) is 11.6 Å². The summed E-state index contributed by atoms with van der Waals surface area (Å²) in [6.45, 7) is 2.10. The van der Waals surface area contributed by atoms with Gasteiger partial charge in [0.1, 0.15) is 17.1 Å². The smallest absolute Gasteiger partial charge is 0.335 e. The highest BCUT2D eigenvalue weighted by Crippen LogP contribution is 2.30. The van der Waals surface area contributed by atoms with E-state index < -0.39 is 5.97 Å². The Labute approximate surface area is 175 Å². The Balaban J connectivity index is 1.61. The van der Waals surface area contributed by atoms with Crippen molar-refractivity contribution in [2.75, 3.05) is 24.4 Å². The standard InChI is InChI=1S/C23H27NO4S/c1-15-20-13-19(27-2)11-12-22(20)28-21(15)6-4-5-18(14-29-3)24-17-9-7-16(8-10-17)23(25)26/h7-13,18,24H,4-6,14H2,1-3H3,(H,25,26). The van der Waals surface area contributed by atoms with E-state index in [-0.39, 0.29) is 0 Å². The number of methoxy groups -OCH3 is 1. The summed E-state index contributed by atoms with van der Waals surface area (Å²) in [5.74, 6) is 1.95. The number of hydrogen-bond donors (Lipinski definition) is 2. The monoisotopic (exact) mass is 413 g/mol. The Morgan fingerprint density at radius 1 is 1.24 bits per heavy atom. The Bertz CT molecular complexity index is 965. The summed E-state index contributed by atoms with van der Waals surface area (Å²) < 4.78 is 11.4. The average molecular weight is 414 g/mol. The number of thioether (sulfide) groups is 1. The highest BCUT2D eigenvalue weighted by atomic mass is 32.2. The molecule has 3 rings (SSSR count). The van der Waals surface area contributed by atoms with E-state index in [2.05, 4.69) is 18.5 Å². The number of ether oxygens (including phenoxy) is 1. The SMILES string of the molecule is COc1ccc2oc(CCCC(CSC)Nc3ccc(C(=O)O)cc3)c(C)c2c1. The zero-order valence-electron chi connectivity index (χ0n) is 17.0. The van der Waals surface area contributed by atoms with Gasteiger partial charge in [0.15, 0.2) is 0 Å². The minimum Gasteiger partial charge on any atom is -0.497 e. The van der Waals surface area contributed by atoms with Crippen LogP contribution in [0, 0.1) is 6.92 Å². The van der Waals surface area contributed by atoms with Gasteiger partial charge >= 0.3 is 5.97 Å². The minimum atomic E-state index is -0.906. The number of carboxylic acids is 1. The fraction of sp³-hybridized carbons (Fsp3) is 0.348. The summed E-state index contributed by atoms with van der Waals surface area (Å²) in [5.41, 5.74) is 3.32. The van der Waals surface area contributed by atoms with Crippen molar-refractivity contribution in [2.45, 2.75) is 32.2 Å². The van der Waals surface area contributed by atoms with E-state index in [0.717, 1.165) is 53.2 Å². The molecule has 1 unspecified atom stereocenters. The first-order valence-corrected chi connectivity index (χ1v) is 11.1. The third-order valence-electron chi connectivity index (χ3n) is 5.07. The summed E-state index contributed by atoms with van der Waals surface area (Å²) in [5, 5.41) is 13.7. The number of nitrogens with one attached hydrogen (secondary N) is 1. The van der Waals surface area contributed by atoms with E-state index in [1.54, 1.807) is 31.0 Å². The fourth-order valence-electron chi connectivity index (χ4n) is 3.47. The molecule has 0 saturated carbocycles. The lowest BCUT2D eigenvalue weighted by Crippen LogP contribution is -2.22. The maximum absolute atomic E-state index is 11.0. The molecule has 0 aliphatic rings. The number of anilines is 1. The van der Waals surface area contributed by atoms with Crippen LogP contribution in [0.3, 0.4) is 0 Å². The third kappa shape index (κ3) is 5.26. The van der Waals surface area contributed by atoms with Gasteiger partial charge in [-0.3, -0.25) is 0 Å². The number of benzene rings is 2. The molecule has 5 nitrogen and oxygen atoms in total. The number of aryl methyl sites for hydroxylation is 2. The molecule has 1 heterocycles. The van der Waals surface area contributed by atoms with Gasteiger partial charge in [0.2, 0.25) is 0 Å². The summed E-state index contributed by atoms with van der Waals surface area (Å²) in [4.78, 5) is 11.0. The van der Waals surface area contributed by atoms with Gasteiger partial charge in [-0.2, -0.15) is 11.8 Å². The molecule has 0 aliphatic heterocycles. The van der Waals surface area contributed by atoms with E-state index >= 15 is 0 Å². The van der Waals surface area contributed by atoms with Crippen LogP contribution in [-0.4, -0.2) is 36.2 Å². The largest absolute Gasteiger partial charge is 0.497 e. The van der Waals surface area contributed by atoms with Gasteiger partial charge in [-0.1, -0.05) is 0 Å². The minimum absolute atomic E-state index is 0.300. The summed E-state index contributed by atoms with van der Waals surface area (Å²) in [6.07, 6.45) is 4.98. The lowest BCUT2D eigenvalue weighted by molar-refractivity contribution is 0.0697. The van der Waals surface area contributed by atoms with Crippen LogP contribution in [0.1, 0.15) is 34.5 Å². The van der Waals surface area contributed by atoms with E-state index in [9.17, 15) is 4.79 Å². The second-order valence-electron chi connectivity index (χ2n) is 7.08. The molecule has 2 N–H and O–H groups in total. The molecule has 0 bridgehead atoms. The number of carboxylic acid groups (broad SMARTS) is 1. The molecular formula is C23H27NO4S. The zero-order chi connectivity index (χ0) is 20.8. The van der Waals surface area contributed by atoms with E-state index in [4.69, 9.17) is 14.3 Å². The number of aromatic carboxylic acids is 1. The van der Waals surface area contributed by atoms with Gasteiger partial charge in [-0.05, 0) is 74.0 Å². The number of carbonyl (C=O) groups is 1. The van der Waals surface area contributed by atoms with Crippen molar-refractivity contribution >= 4 is 34.4 Å². The van der Waals surface area contributed by atoms with Gasteiger partial charge in [-0.15, -0.1) is 0 Å². The molecule has 0 fully saturated rings. The molecular weight excluding hydrogens is 386 g/mol. The van der Waals surface area contributed by atoms with Crippen molar-refractivity contribution in [1.29, 1.82) is 0 Å². The third-order valence-corrected chi connectivity index (χ3v) is 5.80. The van der Waals surface area contributed by atoms with Crippen molar-refractivity contribution in [1.82, 2.24) is 0 Å². The lowest BCUT2D eigenvalue weighted by Gasteiger charge is -2.19. The number of fused-ring (bicyclic) bond motifs is 1. The number of furan rings is 1. The maximum Gasteiger partial charge on any atom is 0.335 e. The number of rotatable bonds is 10. The molecule has 3 aromatic rings. The summed E-state index contributed by atoms with van der Waals surface area (Å²) in [6, 6.07) is 13.1. The molecule has 0 spiro atoms. The first kappa shape index (κ1) is 21.1. The van der Waals surface area contributed by atoms with Gasteiger partial charge in [0, 0.05) is 29.3 Å². The van der Waals surface area contributed by atoms with Crippen LogP contribution < -0.4 is 10.1 Å². The molecule has 29 heavy (non-hydrogen) atoms. The van der Waals surface area contributed by atoms with Crippen LogP contribution in [0.15, 0.2) is 46.9 Å². The highest BCUT2D eigenvalue weighted by Gasteiger charge is 2.13. The fourth-order valence-corrected chi connectivity index (χ4v) is 4.12. The molecule has 2 aromatic carbocycles. The van der Waals surface area contributed by atoms with Gasteiger partial charge in [0.05, 0.1) is 12.7 Å². The lowest BCUT2D eigenvalue weighted by atomic mass is 10.1. The van der Waals surface area contributed by atoms with Crippen LogP contribution in [-0.2, 0) is 6.42 Å². The Hall–Kier alpha value is -2.60. The van der Waals surface area contributed by atoms with E-state index in [1.165, 1.54) is 5.56 Å². The first-order valence-electron chi connectivity index (χ1n) is 9.66.